The van der Waals surface area contributed by atoms with E-state index in [1.807, 2.05) is 0 Å². The Morgan fingerprint density at radius 1 is 1.25 bits per heavy atom. The van der Waals surface area contributed by atoms with Crippen LogP contribution >= 0.6 is 23.2 Å². The maximum Gasteiger partial charge on any atom is 0.329 e. The molecule has 3 rings (SSSR count). The number of benzene rings is 1. The Kier molecular flexibility index (Phi) is 6.01. The molecule has 1 atom stereocenters. The average molecular weight is 424 g/mol. The molecule has 3 amide bonds. The fraction of sp³-hybridized carbons (Fsp3) is 0.222. The summed E-state index contributed by atoms with van der Waals surface area (Å²) in [5, 5.41) is 14.2. The number of carbonyl (C=O) groups is 3. The molecule has 0 bridgehead atoms. The summed E-state index contributed by atoms with van der Waals surface area (Å²) in [4.78, 5) is 37.5. The molecule has 1 fully saturated rings. The second-order valence-electron chi connectivity index (χ2n) is 6.05. The van der Waals surface area contributed by atoms with Crippen molar-refractivity contribution in [1.82, 2.24) is 5.32 Å². The summed E-state index contributed by atoms with van der Waals surface area (Å²) in [7, 11) is 0. The van der Waals surface area contributed by atoms with E-state index in [1.54, 1.807) is 12.1 Å². The van der Waals surface area contributed by atoms with E-state index in [9.17, 15) is 19.6 Å². The van der Waals surface area contributed by atoms with Gasteiger partial charge in [0.2, 0.25) is 0 Å². The zero-order valence-electron chi connectivity index (χ0n) is 14.4. The molecule has 1 aliphatic rings. The second kappa shape index (κ2) is 8.45. The summed E-state index contributed by atoms with van der Waals surface area (Å²) < 4.78 is 5.69. The Hall–Kier alpha value is -2.84. The molecule has 1 aliphatic heterocycles. The lowest BCUT2D eigenvalue weighted by Crippen LogP contribution is -2.31. The van der Waals surface area contributed by atoms with Crippen LogP contribution in [-0.2, 0) is 20.9 Å². The number of ether oxygens (including phenoxy) is 1. The van der Waals surface area contributed by atoms with E-state index in [4.69, 9.17) is 27.9 Å². The number of carbonyl (C=O) groups excluding carboxylic acids is 3. The third-order valence-electron chi connectivity index (χ3n) is 4.05. The first-order valence-electron chi connectivity index (χ1n) is 8.28. The largest absolute Gasteiger partial charge is 0.619 e. The number of urea groups is 1. The molecule has 0 aliphatic carbocycles. The second-order valence-corrected chi connectivity index (χ2v) is 6.86. The number of imide groups is 1. The highest BCUT2D eigenvalue weighted by atomic mass is 35.5. The van der Waals surface area contributed by atoms with E-state index in [2.05, 4.69) is 5.32 Å². The Balaban J connectivity index is 1.55. The van der Waals surface area contributed by atoms with Crippen LogP contribution in [0, 0.1) is 5.21 Å². The van der Waals surface area contributed by atoms with Gasteiger partial charge in [0.15, 0.2) is 12.4 Å². The number of pyridine rings is 1. The molecule has 1 N–H and O–H groups in total. The molecule has 10 heteroatoms. The molecule has 146 valence electrons. The van der Waals surface area contributed by atoms with E-state index in [0.29, 0.717) is 15.3 Å². The summed E-state index contributed by atoms with van der Waals surface area (Å²) in [5.41, 5.74) is 0.832. The van der Waals surface area contributed by atoms with Crippen LogP contribution in [0.2, 0.25) is 10.0 Å². The van der Waals surface area contributed by atoms with E-state index in [0.717, 1.165) is 4.90 Å². The Bertz CT molecular complexity index is 937. The minimum atomic E-state index is -0.852. The van der Waals surface area contributed by atoms with Gasteiger partial charge in [-0.3, -0.25) is 9.59 Å². The number of nitrogens with zero attached hydrogens (tertiary/aromatic N) is 2. The first-order valence-corrected chi connectivity index (χ1v) is 9.03. The van der Waals surface area contributed by atoms with Gasteiger partial charge >= 0.3 is 12.0 Å². The molecule has 1 saturated heterocycles. The van der Waals surface area contributed by atoms with Crippen molar-refractivity contribution in [3.8, 4) is 0 Å². The number of esters is 1. The Labute approximate surface area is 170 Å². The first kappa shape index (κ1) is 19.9. The molecule has 0 saturated carbocycles. The molecule has 8 nitrogen and oxygen atoms in total. The van der Waals surface area contributed by atoms with Crippen LogP contribution < -0.4 is 14.9 Å². The fourth-order valence-corrected chi connectivity index (χ4v) is 2.97. The SMILES string of the molecule is O=C(CCC1NC(=O)N(c2ccc(Cl)c(Cl)c2)C1=O)OCc1ccc[n+]([O-])c1. The molecule has 2 heterocycles. The van der Waals surface area contributed by atoms with Gasteiger partial charge in [-0.1, -0.05) is 23.2 Å². The van der Waals surface area contributed by atoms with Gasteiger partial charge in [0.05, 0.1) is 21.3 Å². The van der Waals surface area contributed by atoms with Crippen LogP contribution in [0.3, 0.4) is 0 Å². The smallest absolute Gasteiger partial charge is 0.329 e. The van der Waals surface area contributed by atoms with Crippen molar-refractivity contribution in [2.75, 3.05) is 4.90 Å². The van der Waals surface area contributed by atoms with Gasteiger partial charge in [-0.25, -0.2) is 9.69 Å². The summed E-state index contributed by atoms with van der Waals surface area (Å²) in [6, 6.07) is 6.14. The van der Waals surface area contributed by atoms with Crippen molar-refractivity contribution >= 4 is 46.8 Å². The number of aromatic nitrogens is 1. The summed E-state index contributed by atoms with van der Waals surface area (Å²) in [6.07, 6.45) is 2.62. The predicted molar refractivity (Wildman–Crippen MR) is 101 cm³/mol. The molecule has 28 heavy (non-hydrogen) atoms. The molecule has 2 aromatic rings. The van der Waals surface area contributed by atoms with Crippen molar-refractivity contribution in [2.24, 2.45) is 0 Å². The van der Waals surface area contributed by atoms with Crippen LogP contribution in [0.4, 0.5) is 10.5 Å². The van der Waals surface area contributed by atoms with Crippen molar-refractivity contribution < 1.29 is 23.9 Å². The zero-order valence-corrected chi connectivity index (χ0v) is 15.9. The van der Waals surface area contributed by atoms with Crippen molar-refractivity contribution in [1.29, 1.82) is 0 Å². The molecule has 0 radical (unpaired) electrons. The minimum absolute atomic E-state index is 0.0533. The highest BCUT2D eigenvalue weighted by Gasteiger charge is 2.39. The van der Waals surface area contributed by atoms with E-state index in [1.165, 1.54) is 30.6 Å². The summed E-state index contributed by atoms with van der Waals surface area (Å²) in [6.45, 7) is -0.0533. The van der Waals surface area contributed by atoms with Gasteiger partial charge in [-0.15, -0.1) is 0 Å². The zero-order chi connectivity index (χ0) is 20.3. The lowest BCUT2D eigenvalue weighted by Gasteiger charge is -2.13. The monoisotopic (exact) mass is 423 g/mol. The fourth-order valence-electron chi connectivity index (χ4n) is 2.68. The number of amides is 3. The molecule has 1 aromatic carbocycles. The first-order chi connectivity index (χ1) is 13.3. The molecule has 1 aromatic heterocycles. The van der Waals surface area contributed by atoms with Crippen LogP contribution in [0.25, 0.3) is 0 Å². The van der Waals surface area contributed by atoms with Gasteiger partial charge < -0.3 is 15.3 Å². The van der Waals surface area contributed by atoms with E-state index >= 15 is 0 Å². The van der Waals surface area contributed by atoms with E-state index in [-0.39, 0.29) is 30.2 Å². The third kappa shape index (κ3) is 4.52. The van der Waals surface area contributed by atoms with Gasteiger partial charge in [0, 0.05) is 12.5 Å². The number of rotatable bonds is 6. The van der Waals surface area contributed by atoms with Gasteiger partial charge in [0.1, 0.15) is 12.6 Å². The van der Waals surface area contributed by atoms with Crippen LogP contribution in [0.15, 0.2) is 42.7 Å². The molecule has 0 spiro atoms. The summed E-state index contributed by atoms with van der Waals surface area (Å²) >= 11 is 11.8. The number of anilines is 1. The van der Waals surface area contributed by atoms with Crippen molar-refractivity contribution in [3.63, 3.8) is 0 Å². The third-order valence-corrected chi connectivity index (χ3v) is 4.79. The van der Waals surface area contributed by atoms with E-state index < -0.39 is 23.9 Å². The lowest BCUT2D eigenvalue weighted by molar-refractivity contribution is -0.606. The van der Waals surface area contributed by atoms with Crippen molar-refractivity contribution in [2.45, 2.75) is 25.5 Å². The van der Waals surface area contributed by atoms with Crippen molar-refractivity contribution in [3.05, 3.63) is 63.5 Å². The normalized spacial score (nSPS) is 16.2. The number of halogens is 2. The van der Waals surface area contributed by atoms with Crippen LogP contribution in [0.1, 0.15) is 18.4 Å². The number of nitrogens with one attached hydrogen (secondary N) is 1. The maximum absolute atomic E-state index is 12.5. The topological polar surface area (TPSA) is 103 Å². The standard InChI is InChI=1S/C18H15Cl2N3O5/c19-13-4-3-12(8-14(13)20)23-17(25)15(21-18(23)26)5-6-16(24)28-10-11-2-1-7-22(27)9-11/h1-4,7-9,15H,5-6,10H2,(H,21,26). The molecule has 1 unspecified atom stereocenters. The van der Waals surface area contributed by atoms with Gasteiger partial charge in [0.25, 0.3) is 5.91 Å². The van der Waals surface area contributed by atoms with Crippen LogP contribution in [-0.4, -0.2) is 23.9 Å². The van der Waals surface area contributed by atoms with Gasteiger partial charge in [-0.2, -0.15) is 4.73 Å². The molecular weight excluding hydrogens is 409 g/mol. The highest BCUT2D eigenvalue weighted by molar-refractivity contribution is 6.42. The highest BCUT2D eigenvalue weighted by Crippen LogP contribution is 2.29. The quantitative estimate of drug-likeness (QED) is 0.332. The molecular formula is C18H15Cl2N3O5. The summed E-state index contributed by atoms with van der Waals surface area (Å²) in [5.74, 6) is -1.04. The lowest BCUT2D eigenvalue weighted by atomic mass is 10.1. The Morgan fingerprint density at radius 2 is 2.04 bits per heavy atom. The van der Waals surface area contributed by atoms with Gasteiger partial charge in [-0.05, 0) is 30.7 Å². The minimum Gasteiger partial charge on any atom is -0.619 e. The number of hydrogen-bond acceptors (Lipinski definition) is 5. The maximum atomic E-state index is 12.5. The predicted octanol–water partition coefficient (Wildman–Crippen LogP) is 2.58. The Morgan fingerprint density at radius 3 is 2.75 bits per heavy atom. The number of hydrogen-bond donors (Lipinski definition) is 1. The average Bonchev–Trinajstić information content (AvgIpc) is 2.94. The van der Waals surface area contributed by atoms with Crippen LogP contribution in [0.5, 0.6) is 0 Å².